The topological polar surface area (TPSA) is 20.3 Å². The fourth-order valence-corrected chi connectivity index (χ4v) is 4.01. The lowest BCUT2D eigenvalue weighted by atomic mass is 9.86. The largest absolute Gasteiger partial charge is 0.416 e. The average molecular weight is 365 g/mol. The lowest BCUT2D eigenvalue weighted by Crippen LogP contribution is -2.34. The number of rotatable bonds is 4. The molecule has 5 heteroatoms. The maximum atomic E-state index is 12.9. The molecule has 1 saturated carbocycles. The lowest BCUT2D eigenvalue weighted by molar-refractivity contribution is -0.137. The number of carbonyl (C=O) groups excluding carboxylic acids is 1. The van der Waals surface area contributed by atoms with E-state index >= 15 is 0 Å². The van der Waals surface area contributed by atoms with E-state index in [0.717, 1.165) is 18.1 Å². The average Bonchev–Trinajstić information content (AvgIpc) is 2.66. The van der Waals surface area contributed by atoms with Crippen molar-refractivity contribution < 1.29 is 18.0 Å². The molecule has 1 aliphatic heterocycles. The first-order chi connectivity index (χ1) is 12.4. The fourth-order valence-electron chi connectivity index (χ4n) is 4.01. The van der Waals surface area contributed by atoms with Gasteiger partial charge in [0.25, 0.3) is 0 Å². The molecule has 0 saturated heterocycles. The molecule has 142 valence electrons. The number of alkyl halides is 3. The van der Waals surface area contributed by atoms with Gasteiger partial charge in [-0.3, -0.25) is 4.79 Å². The van der Waals surface area contributed by atoms with Gasteiger partial charge in [-0.15, -0.1) is 0 Å². The molecule has 2 nitrogen and oxygen atoms in total. The molecule has 1 fully saturated rings. The van der Waals surface area contributed by atoms with E-state index in [2.05, 4.69) is 0 Å². The number of hydrogen-bond donors (Lipinski definition) is 0. The van der Waals surface area contributed by atoms with Crippen molar-refractivity contribution in [3.05, 3.63) is 41.5 Å². The Morgan fingerprint density at radius 1 is 1.15 bits per heavy atom. The van der Waals surface area contributed by atoms with Crippen LogP contribution in [0.3, 0.4) is 0 Å². The Balaban J connectivity index is 1.55. The molecule has 1 amide bonds. The van der Waals surface area contributed by atoms with Gasteiger partial charge in [0.1, 0.15) is 0 Å². The van der Waals surface area contributed by atoms with Gasteiger partial charge in [-0.1, -0.05) is 50.3 Å². The van der Waals surface area contributed by atoms with Crippen LogP contribution in [0.4, 0.5) is 13.2 Å². The van der Waals surface area contributed by atoms with Gasteiger partial charge in [0.05, 0.1) is 5.56 Å². The Morgan fingerprint density at radius 2 is 1.92 bits per heavy atom. The van der Waals surface area contributed by atoms with Crippen LogP contribution in [0.2, 0.25) is 0 Å². The minimum Gasteiger partial charge on any atom is -0.339 e. The fraction of sp³-hybridized carbons (Fsp3) is 0.571. The SMILES string of the molecule is O=C(CCC1CCCCC1)N1CC=C(c2cccc(C(F)(F)F)c2)CC1. The zero-order valence-electron chi connectivity index (χ0n) is 15.0. The van der Waals surface area contributed by atoms with Crippen LogP contribution in [-0.2, 0) is 11.0 Å². The van der Waals surface area contributed by atoms with Crippen LogP contribution in [0, 0.1) is 5.92 Å². The molecule has 0 unspecified atom stereocenters. The molecular formula is C21H26F3NO. The van der Waals surface area contributed by atoms with Crippen molar-refractivity contribution in [2.45, 2.75) is 57.5 Å². The summed E-state index contributed by atoms with van der Waals surface area (Å²) in [4.78, 5) is 14.3. The molecule has 1 aromatic carbocycles. The number of hydrogen-bond acceptors (Lipinski definition) is 1. The van der Waals surface area contributed by atoms with Gasteiger partial charge in [-0.05, 0) is 42.0 Å². The summed E-state index contributed by atoms with van der Waals surface area (Å²) in [6.07, 6.45) is 6.12. The summed E-state index contributed by atoms with van der Waals surface area (Å²) < 4.78 is 38.6. The number of halogens is 3. The molecule has 0 bridgehead atoms. The summed E-state index contributed by atoms with van der Waals surface area (Å²) >= 11 is 0. The highest BCUT2D eigenvalue weighted by atomic mass is 19.4. The van der Waals surface area contributed by atoms with Crippen molar-refractivity contribution in [2.75, 3.05) is 13.1 Å². The number of carbonyl (C=O) groups is 1. The molecule has 1 aliphatic carbocycles. The first-order valence-corrected chi connectivity index (χ1v) is 9.58. The molecule has 1 aromatic rings. The van der Waals surface area contributed by atoms with Crippen molar-refractivity contribution in [1.29, 1.82) is 0 Å². The molecule has 2 aliphatic rings. The summed E-state index contributed by atoms with van der Waals surface area (Å²) in [6, 6.07) is 5.45. The molecule has 0 aromatic heterocycles. The zero-order chi connectivity index (χ0) is 18.6. The quantitative estimate of drug-likeness (QED) is 0.672. The van der Waals surface area contributed by atoms with Crippen molar-refractivity contribution in [3.63, 3.8) is 0 Å². The van der Waals surface area contributed by atoms with E-state index < -0.39 is 11.7 Å². The van der Waals surface area contributed by atoms with Crippen LogP contribution in [0.15, 0.2) is 30.3 Å². The Hall–Kier alpha value is -1.78. The van der Waals surface area contributed by atoms with E-state index in [1.807, 2.05) is 11.0 Å². The second-order valence-electron chi connectivity index (χ2n) is 7.44. The zero-order valence-corrected chi connectivity index (χ0v) is 15.0. The van der Waals surface area contributed by atoms with Crippen LogP contribution in [0.25, 0.3) is 5.57 Å². The van der Waals surface area contributed by atoms with Gasteiger partial charge in [0.15, 0.2) is 0 Å². The van der Waals surface area contributed by atoms with Gasteiger partial charge in [-0.2, -0.15) is 13.2 Å². The van der Waals surface area contributed by atoms with E-state index in [-0.39, 0.29) is 5.91 Å². The van der Waals surface area contributed by atoms with Crippen LogP contribution < -0.4 is 0 Å². The third kappa shape index (κ3) is 4.89. The van der Waals surface area contributed by atoms with Crippen molar-refractivity contribution >= 4 is 11.5 Å². The second kappa shape index (κ2) is 8.28. The van der Waals surface area contributed by atoms with E-state index in [1.54, 1.807) is 6.07 Å². The van der Waals surface area contributed by atoms with Crippen LogP contribution >= 0.6 is 0 Å². The predicted molar refractivity (Wildman–Crippen MR) is 96.4 cm³/mol. The predicted octanol–water partition coefficient (Wildman–Crippen LogP) is 5.68. The molecule has 0 N–H and O–H groups in total. The molecule has 0 spiro atoms. The number of benzene rings is 1. The third-order valence-electron chi connectivity index (χ3n) is 5.61. The Morgan fingerprint density at radius 3 is 2.58 bits per heavy atom. The van der Waals surface area contributed by atoms with Crippen LogP contribution in [0.1, 0.15) is 62.5 Å². The summed E-state index contributed by atoms with van der Waals surface area (Å²) in [7, 11) is 0. The van der Waals surface area contributed by atoms with Gasteiger partial charge < -0.3 is 4.90 Å². The molecule has 1 heterocycles. The Kier molecular flexibility index (Phi) is 6.05. The maximum absolute atomic E-state index is 12.9. The normalized spacial score (nSPS) is 19.3. The maximum Gasteiger partial charge on any atom is 0.416 e. The van der Waals surface area contributed by atoms with Crippen molar-refractivity contribution in [2.24, 2.45) is 5.92 Å². The van der Waals surface area contributed by atoms with Gasteiger partial charge in [-0.25, -0.2) is 0 Å². The molecule has 0 radical (unpaired) electrons. The van der Waals surface area contributed by atoms with Gasteiger partial charge in [0.2, 0.25) is 5.91 Å². The first-order valence-electron chi connectivity index (χ1n) is 9.58. The summed E-state index contributed by atoms with van der Waals surface area (Å²) in [6.45, 7) is 1.08. The second-order valence-corrected chi connectivity index (χ2v) is 7.44. The first kappa shape index (κ1) is 19.0. The summed E-state index contributed by atoms with van der Waals surface area (Å²) in [5.41, 5.74) is 0.878. The summed E-state index contributed by atoms with van der Waals surface area (Å²) in [5, 5.41) is 0. The van der Waals surface area contributed by atoms with Gasteiger partial charge >= 0.3 is 6.18 Å². The standard InChI is InChI=1S/C21H26F3NO/c22-21(23,24)19-8-4-7-18(15-19)17-11-13-25(14-12-17)20(26)10-9-16-5-2-1-3-6-16/h4,7-8,11,15-16H,1-3,5-6,9-10,12-14H2. The minimum absolute atomic E-state index is 0.176. The molecular weight excluding hydrogens is 339 g/mol. The Labute approximate surface area is 153 Å². The highest BCUT2D eigenvalue weighted by Gasteiger charge is 2.30. The lowest BCUT2D eigenvalue weighted by Gasteiger charge is -2.28. The van der Waals surface area contributed by atoms with E-state index in [1.165, 1.54) is 44.2 Å². The van der Waals surface area contributed by atoms with E-state index in [4.69, 9.17) is 0 Å². The monoisotopic (exact) mass is 365 g/mol. The minimum atomic E-state index is -4.33. The van der Waals surface area contributed by atoms with E-state index in [0.29, 0.717) is 37.4 Å². The molecule has 3 rings (SSSR count). The number of nitrogens with zero attached hydrogens (tertiary/aromatic N) is 1. The Bertz CT molecular complexity index is 659. The smallest absolute Gasteiger partial charge is 0.339 e. The number of amides is 1. The molecule has 0 atom stereocenters. The van der Waals surface area contributed by atoms with Crippen LogP contribution in [0.5, 0.6) is 0 Å². The molecule has 26 heavy (non-hydrogen) atoms. The highest BCUT2D eigenvalue weighted by molar-refractivity contribution is 5.78. The van der Waals surface area contributed by atoms with Crippen molar-refractivity contribution in [3.8, 4) is 0 Å². The van der Waals surface area contributed by atoms with E-state index in [9.17, 15) is 18.0 Å². The van der Waals surface area contributed by atoms with Crippen LogP contribution in [-0.4, -0.2) is 23.9 Å². The third-order valence-corrected chi connectivity index (χ3v) is 5.61. The summed E-state index contributed by atoms with van der Waals surface area (Å²) in [5.74, 6) is 0.864. The van der Waals surface area contributed by atoms with Gasteiger partial charge in [0, 0.05) is 19.5 Å². The van der Waals surface area contributed by atoms with Crippen molar-refractivity contribution in [1.82, 2.24) is 4.90 Å². The highest BCUT2D eigenvalue weighted by Crippen LogP contribution is 2.32.